The maximum atomic E-state index is 12.4. The van der Waals surface area contributed by atoms with Crippen LogP contribution in [0.25, 0.3) is 0 Å². The van der Waals surface area contributed by atoms with Gasteiger partial charge in [0, 0.05) is 12.1 Å². The van der Waals surface area contributed by atoms with E-state index in [2.05, 4.69) is 0 Å². The van der Waals surface area contributed by atoms with E-state index in [1.165, 1.54) is 4.90 Å². The predicted molar refractivity (Wildman–Crippen MR) is 81.9 cm³/mol. The van der Waals surface area contributed by atoms with E-state index in [1.54, 1.807) is 31.4 Å². The highest BCUT2D eigenvalue weighted by Crippen LogP contribution is 2.22. The van der Waals surface area contributed by atoms with Crippen LogP contribution in [0.2, 0.25) is 19.6 Å². The van der Waals surface area contributed by atoms with Crippen LogP contribution in [0.15, 0.2) is 24.3 Å². The van der Waals surface area contributed by atoms with Gasteiger partial charge in [0.25, 0.3) is 11.8 Å². The summed E-state index contributed by atoms with van der Waals surface area (Å²) >= 11 is 0. The number of imide groups is 1. The number of methoxy groups -OCH3 is 1. The topological polar surface area (TPSA) is 55.8 Å². The fraction of sp³-hybridized carbons (Fsp3) is 0.467. The molecule has 2 amide bonds. The molecule has 1 aliphatic heterocycles. The number of benzene rings is 1. The Hall–Kier alpha value is -1.66. The molecule has 1 aliphatic rings. The molecular weight excluding hydrogens is 286 g/mol. The van der Waals surface area contributed by atoms with Crippen molar-refractivity contribution in [1.82, 2.24) is 4.90 Å². The van der Waals surface area contributed by atoms with E-state index >= 15 is 0 Å². The molecule has 1 aromatic carbocycles. The normalized spacial score (nSPS) is 19.0. The summed E-state index contributed by atoms with van der Waals surface area (Å²) in [6.45, 7) is 6.52. The molecule has 0 N–H and O–H groups in total. The molecule has 0 unspecified atom stereocenters. The second-order valence-electron chi connectivity index (χ2n) is 6.03. The summed E-state index contributed by atoms with van der Waals surface area (Å²) in [5, 5.41) is 0. The van der Waals surface area contributed by atoms with Gasteiger partial charge in [0.15, 0.2) is 8.32 Å². The van der Waals surface area contributed by atoms with Gasteiger partial charge in [0.05, 0.1) is 7.11 Å². The standard InChI is InChI=1S/C15H21NO4Si/c1-19-12-7-5-11(6-8-12)14(17)16-10-9-13(15(16)18)20-21(2,3)4/h5-8,13H,9-10H2,1-4H3/t13-/m1/s1. The van der Waals surface area contributed by atoms with Gasteiger partial charge in [0.1, 0.15) is 11.9 Å². The molecule has 0 saturated carbocycles. The van der Waals surface area contributed by atoms with Gasteiger partial charge in [-0.25, -0.2) is 0 Å². The number of likely N-dealkylation sites (tertiary alicyclic amines) is 1. The Morgan fingerprint density at radius 3 is 2.38 bits per heavy atom. The second-order valence-corrected chi connectivity index (χ2v) is 10.5. The van der Waals surface area contributed by atoms with E-state index in [-0.39, 0.29) is 11.8 Å². The van der Waals surface area contributed by atoms with Gasteiger partial charge in [-0.2, -0.15) is 0 Å². The maximum Gasteiger partial charge on any atom is 0.260 e. The number of rotatable bonds is 4. The molecule has 2 rings (SSSR count). The number of carbonyl (C=O) groups is 2. The van der Waals surface area contributed by atoms with Crippen molar-refractivity contribution in [2.45, 2.75) is 32.2 Å². The molecule has 21 heavy (non-hydrogen) atoms. The van der Waals surface area contributed by atoms with E-state index in [0.29, 0.717) is 24.3 Å². The van der Waals surface area contributed by atoms with Crippen LogP contribution in [-0.4, -0.2) is 44.8 Å². The zero-order chi connectivity index (χ0) is 15.6. The molecule has 1 heterocycles. The number of carbonyl (C=O) groups excluding carboxylic acids is 2. The van der Waals surface area contributed by atoms with Gasteiger partial charge in [-0.15, -0.1) is 0 Å². The Balaban J connectivity index is 2.08. The van der Waals surface area contributed by atoms with Crippen molar-refractivity contribution in [1.29, 1.82) is 0 Å². The monoisotopic (exact) mass is 307 g/mol. The van der Waals surface area contributed by atoms with Crippen LogP contribution in [-0.2, 0) is 9.22 Å². The van der Waals surface area contributed by atoms with Crippen molar-refractivity contribution in [3.05, 3.63) is 29.8 Å². The Morgan fingerprint density at radius 2 is 1.86 bits per heavy atom. The van der Waals surface area contributed by atoms with Gasteiger partial charge in [-0.05, 0) is 50.3 Å². The average Bonchev–Trinajstić information content (AvgIpc) is 2.78. The Morgan fingerprint density at radius 1 is 1.24 bits per heavy atom. The fourth-order valence-corrected chi connectivity index (χ4v) is 3.35. The van der Waals surface area contributed by atoms with Gasteiger partial charge in [0.2, 0.25) is 0 Å². The van der Waals surface area contributed by atoms with Crippen molar-refractivity contribution in [3.63, 3.8) is 0 Å². The summed E-state index contributed by atoms with van der Waals surface area (Å²) in [5.74, 6) is 0.182. The summed E-state index contributed by atoms with van der Waals surface area (Å²) in [7, 11) is -0.227. The summed E-state index contributed by atoms with van der Waals surface area (Å²) < 4.78 is 10.9. The van der Waals surface area contributed by atoms with E-state index in [0.717, 1.165) is 0 Å². The molecule has 0 aromatic heterocycles. The minimum Gasteiger partial charge on any atom is -0.497 e. The Labute approximate surface area is 126 Å². The van der Waals surface area contributed by atoms with E-state index in [1.807, 2.05) is 19.6 Å². The van der Waals surface area contributed by atoms with Crippen LogP contribution < -0.4 is 4.74 Å². The number of ether oxygens (including phenoxy) is 1. The van der Waals surface area contributed by atoms with Crippen molar-refractivity contribution in [2.24, 2.45) is 0 Å². The van der Waals surface area contributed by atoms with Crippen molar-refractivity contribution in [2.75, 3.05) is 13.7 Å². The number of hydrogen-bond donors (Lipinski definition) is 0. The third-order valence-corrected chi connectivity index (χ3v) is 4.23. The number of hydrogen-bond acceptors (Lipinski definition) is 4. The number of amides is 2. The van der Waals surface area contributed by atoms with Gasteiger partial charge in [-0.1, -0.05) is 0 Å². The molecule has 6 heteroatoms. The third-order valence-electron chi connectivity index (χ3n) is 3.23. The first-order valence-electron chi connectivity index (χ1n) is 6.99. The number of nitrogens with zero attached hydrogens (tertiary/aromatic N) is 1. The first kappa shape index (κ1) is 15.7. The minimum atomic E-state index is -1.80. The molecule has 0 aliphatic carbocycles. The summed E-state index contributed by atoms with van der Waals surface area (Å²) in [6.07, 6.45) is 0.101. The summed E-state index contributed by atoms with van der Waals surface area (Å²) in [5.41, 5.74) is 0.484. The first-order valence-corrected chi connectivity index (χ1v) is 10.4. The maximum absolute atomic E-state index is 12.4. The second kappa shape index (κ2) is 5.99. The van der Waals surface area contributed by atoms with Crippen LogP contribution in [0.4, 0.5) is 0 Å². The Bertz CT molecular complexity index is 536. The van der Waals surface area contributed by atoms with Crippen LogP contribution in [0, 0.1) is 0 Å². The lowest BCUT2D eigenvalue weighted by atomic mass is 10.2. The quantitative estimate of drug-likeness (QED) is 0.632. The molecule has 0 spiro atoms. The lowest BCUT2D eigenvalue weighted by Crippen LogP contribution is -2.40. The zero-order valence-corrected chi connectivity index (χ0v) is 13.9. The minimum absolute atomic E-state index is 0.224. The first-order chi connectivity index (χ1) is 9.81. The van der Waals surface area contributed by atoms with Crippen molar-refractivity contribution >= 4 is 20.1 Å². The van der Waals surface area contributed by atoms with Gasteiger partial charge in [-0.3, -0.25) is 14.5 Å². The molecule has 1 saturated heterocycles. The molecule has 5 nitrogen and oxygen atoms in total. The fourth-order valence-electron chi connectivity index (χ4n) is 2.28. The highest BCUT2D eigenvalue weighted by Gasteiger charge is 2.38. The SMILES string of the molecule is COc1ccc(C(=O)N2CC[C@@H](O[Si](C)(C)C)C2=O)cc1. The van der Waals surface area contributed by atoms with Crippen molar-refractivity contribution in [3.8, 4) is 5.75 Å². The molecule has 114 valence electrons. The van der Waals surface area contributed by atoms with Crippen LogP contribution in [0.3, 0.4) is 0 Å². The van der Waals surface area contributed by atoms with Crippen LogP contribution in [0.1, 0.15) is 16.8 Å². The lowest BCUT2D eigenvalue weighted by molar-refractivity contribution is -0.131. The van der Waals surface area contributed by atoms with Gasteiger partial charge < -0.3 is 9.16 Å². The van der Waals surface area contributed by atoms with Crippen LogP contribution >= 0.6 is 0 Å². The summed E-state index contributed by atoms with van der Waals surface area (Å²) in [4.78, 5) is 26.0. The molecule has 1 aromatic rings. The van der Waals surface area contributed by atoms with E-state index < -0.39 is 14.4 Å². The lowest BCUT2D eigenvalue weighted by Gasteiger charge is -2.22. The molecular formula is C15H21NO4Si. The summed E-state index contributed by atoms with van der Waals surface area (Å²) in [6, 6.07) is 6.76. The largest absolute Gasteiger partial charge is 0.497 e. The van der Waals surface area contributed by atoms with Crippen LogP contribution in [0.5, 0.6) is 5.75 Å². The predicted octanol–water partition coefficient (Wildman–Crippen LogP) is 2.29. The smallest absolute Gasteiger partial charge is 0.260 e. The van der Waals surface area contributed by atoms with E-state index in [4.69, 9.17) is 9.16 Å². The third kappa shape index (κ3) is 3.71. The van der Waals surface area contributed by atoms with E-state index in [9.17, 15) is 9.59 Å². The highest BCUT2D eigenvalue weighted by atomic mass is 28.4. The highest BCUT2D eigenvalue weighted by molar-refractivity contribution is 6.69. The molecule has 1 fully saturated rings. The molecule has 1 atom stereocenters. The van der Waals surface area contributed by atoms with Crippen molar-refractivity contribution < 1.29 is 18.8 Å². The average molecular weight is 307 g/mol. The Kier molecular flexibility index (Phi) is 4.48. The molecule has 0 radical (unpaired) electrons. The van der Waals surface area contributed by atoms with Gasteiger partial charge >= 0.3 is 0 Å². The molecule has 0 bridgehead atoms. The zero-order valence-electron chi connectivity index (χ0n) is 12.9.